The van der Waals surface area contributed by atoms with Crippen LogP contribution in [0.5, 0.6) is 0 Å². The first-order valence-corrected chi connectivity index (χ1v) is 7.03. The van der Waals surface area contributed by atoms with Crippen LogP contribution in [-0.2, 0) is 19.1 Å². The van der Waals surface area contributed by atoms with E-state index >= 15 is 0 Å². The van der Waals surface area contributed by atoms with Crippen LogP contribution in [0, 0.1) is 23.7 Å². The van der Waals surface area contributed by atoms with Crippen LogP contribution in [0.2, 0.25) is 0 Å². The fourth-order valence-electron chi connectivity index (χ4n) is 2.64. The van der Waals surface area contributed by atoms with Crippen molar-refractivity contribution in [2.24, 2.45) is 23.7 Å². The number of ketones is 1. The minimum Gasteiger partial charge on any atom is -0.465 e. The summed E-state index contributed by atoms with van der Waals surface area (Å²) in [6, 6.07) is 0. The molecule has 0 aromatic heterocycles. The standard InChI is InChI=1S/C13H18Cl2O4/c1-4-19-12(18)10(8(3)17)9(5-6-16)11-7(2)13(11,14)15/h6-7,9-11H,4-5H2,1-3H3. The lowest BCUT2D eigenvalue weighted by atomic mass is 9.82. The van der Waals surface area contributed by atoms with Crippen LogP contribution in [0.25, 0.3) is 0 Å². The summed E-state index contributed by atoms with van der Waals surface area (Å²) in [5.41, 5.74) is 0. The van der Waals surface area contributed by atoms with E-state index in [0.29, 0.717) is 6.29 Å². The second-order valence-corrected chi connectivity index (χ2v) is 6.34. The highest BCUT2D eigenvalue weighted by Gasteiger charge is 2.65. The van der Waals surface area contributed by atoms with Crippen molar-refractivity contribution in [3.05, 3.63) is 0 Å². The van der Waals surface area contributed by atoms with Crippen LogP contribution in [0.1, 0.15) is 27.2 Å². The minimum atomic E-state index is -0.978. The first-order valence-electron chi connectivity index (χ1n) is 6.27. The Balaban J connectivity index is 2.98. The van der Waals surface area contributed by atoms with E-state index in [2.05, 4.69) is 0 Å². The van der Waals surface area contributed by atoms with Gasteiger partial charge >= 0.3 is 5.97 Å². The lowest BCUT2D eigenvalue weighted by molar-refractivity contribution is -0.154. The molecule has 0 amide bonds. The molecular formula is C13H18Cl2O4. The van der Waals surface area contributed by atoms with Crippen molar-refractivity contribution < 1.29 is 19.1 Å². The van der Waals surface area contributed by atoms with Crippen molar-refractivity contribution in [3.63, 3.8) is 0 Å². The van der Waals surface area contributed by atoms with E-state index in [-0.39, 0.29) is 30.6 Å². The van der Waals surface area contributed by atoms with E-state index in [1.165, 1.54) is 6.92 Å². The molecule has 0 N–H and O–H groups in total. The number of alkyl halides is 2. The second-order valence-electron chi connectivity index (χ2n) is 4.90. The van der Waals surface area contributed by atoms with Gasteiger partial charge in [-0.3, -0.25) is 9.59 Å². The summed E-state index contributed by atoms with van der Waals surface area (Å²) in [4.78, 5) is 34.5. The Labute approximate surface area is 122 Å². The molecule has 0 saturated heterocycles. The van der Waals surface area contributed by atoms with Gasteiger partial charge in [0, 0.05) is 12.3 Å². The van der Waals surface area contributed by atoms with E-state index < -0.39 is 22.1 Å². The molecule has 0 radical (unpaired) electrons. The maximum atomic E-state index is 11.9. The van der Waals surface area contributed by atoms with Gasteiger partial charge in [0.1, 0.15) is 22.3 Å². The third kappa shape index (κ3) is 3.29. The average molecular weight is 309 g/mol. The van der Waals surface area contributed by atoms with Crippen LogP contribution < -0.4 is 0 Å². The largest absolute Gasteiger partial charge is 0.465 e. The Hall–Kier alpha value is -0.610. The highest BCUT2D eigenvalue weighted by Crippen LogP contribution is 2.63. The Morgan fingerprint density at radius 2 is 1.95 bits per heavy atom. The van der Waals surface area contributed by atoms with Gasteiger partial charge in [-0.1, -0.05) is 6.92 Å². The molecule has 6 heteroatoms. The van der Waals surface area contributed by atoms with Crippen molar-refractivity contribution in [2.45, 2.75) is 31.5 Å². The Kier molecular flexibility index (Phi) is 5.39. The zero-order valence-electron chi connectivity index (χ0n) is 11.2. The van der Waals surface area contributed by atoms with Gasteiger partial charge in [-0.2, -0.15) is 0 Å². The molecule has 1 saturated carbocycles. The molecule has 0 heterocycles. The van der Waals surface area contributed by atoms with Crippen molar-refractivity contribution in [1.29, 1.82) is 0 Å². The first kappa shape index (κ1) is 16.4. The highest BCUT2D eigenvalue weighted by atomic mass is 35.5. The molecule has 0 spiro atoms. The van der Waals surface area contributed by atoms with Crippen LogP contribution in [-0.4, -0.2) is 29.0 Å². The molecule has 1 aliphatic rings. The van der Waals surface area contributed by atoms with E-state index in [0.717, 1.165) is 0 Å². The summed E-state index contributed by atoms with van der Waals surface area (Å²) in [6.45, 7) is 5.00. The van der Waals surface area contributed by atoms with Crippen LogP contribution in [0.4, 0.5) is 0 Å². The van der Waals surface area contributed by atoms with Gasteiger partial charge in [0.05, 0.1) is 6.61 Å². The number of aldehydes is 1. The van der Waals surface area contributed by atoms with Crippen LogP contribution >= 0.6 is 23.2 Å². The van der Waals surface area contributed by atoms with Gasteiger partial charge in [0.15, 0.2) is 0 Å². The molecule has 0 aromatic rings. The van der Waals surface area contributed by atoms with Gasteiger partial charge in [-0.05, 0) is 25.7 Å². The summed E-state index contributed by atoms with van der Waals surface area (Å²) in [5.74, 6) is -2.72. The van der Waals surface area contributed by atoms with Gasteiger partial charge < -0.3 is 9.53 Å². The zero-order chi connectivity index (χ0) is 14.8. The molecular weight excluding hydrogens is 291 g/mol. The number of carbonyl (C=O) groups excluding carboxylic acids is 3. The van der Waals surface area contributed by atoms with Crippen molar-refractivity contribution in [3.8, 4) is 0 Å². The lowest BCUT2D eigenvalue weighted by Crippen LogP contribution is -2.34. The van der Waals surface area contributed by atoms with Crippen molar-refractivity contribution in [2.75, 3.05) is 6.61 Å². The normalized spacial score (nSPS) is 27.2. The molecule has 19 heavy (non-hydrogen) atoms. The number of ether oxygens (including phenoxy) is 1. The maximum absolute atomic E-state index is 11.9. The number of Topliss-reactive ketones (excluding diaryl/α,β-unsaturated/α-hetero) is 1. The average Bonchev–Trinajstić information content (AvgIpc) is 2.77. The highest BCUT2D eigenvalue weighted by molar-refractivity contribution is 6.51. The van der Waals surface area contributed by atoms with Gasteiger partial charge in [0.25, 0.3) is 0 Å². The SMILES string of the molecule is CCOC(=O)C(C(C)=O)C(CC=O)C1C(C)C1(Cl)Cl. The number of esters is 1. The molecule has 4 atom stereocenters. The molecule has 0 bridgehead atoms. The third-order valence-corrected chi connectivity index (χ3v) is 4.91. The maximum Gasteiger partial charge on any atom is 0.316 e. The van der Waals surface area contributed by atoms with Gasteiger partial charge in [0.2, 0.25) is 0 Å². The Morgan fingerprint density at radius 3 is 2.26 bits per heavy atom. The number of hydrogen-bond acceptors (Lipinski definition) is 4. The molecule has 1 fully saturated rings. The fourth-order valence-corrected chi connectivity index (χ4v) is 3.49. The van der Waals surface area contributed by atoms with E-state index in [1.54, 1.807) is 6.92 Å². The lowest BCUT2D eigenvalue weighted by Gasteiger charge is -2.22. The summed E-state index contributed by atoms with van der Waals surface area (Å²) in [5, 5.41) is 0. The van der Waals surface area contributed by atoms with Crippen molar-refractivity contribution in [1.82, 2.24) is 0 Å². The van der Waals surface area contributed by atoms with E-state index in [4.69, 9.17) is 27.9 Å². The van der Waals surface area contributed by atoms with Crippen LogP contribution in [0.15, 0.2) is 0 Å². The molecule has 108 valence electrons. The van der Waals surface area contributed by atoms with E-state index in [1.807, 2.05) is 6.92 Å². The Bertz CT molecular complexity index is 381. The second kappa shape index (κ2) is 6.23. The van der Waals surface area contributed by atoms with Crippen LogP contribution in [0.3, 0.4) is 0 Å². The third-order valence-electron chi connectivity index (χ3n) is 3.72. The summed E-state index contributed by atoms with van der Waals surface area (Å²) >= 11 is 12.2. The zero-order valence-corrected chi connectivity index (χ0v) is 12.7. The minimum absolute atomic E-state index is 0.0583. The molecule has 1 rings (SSSR count). The van der Waals surface area contributed by atoms with Gasteiger partial charge in [-0.15, -0.1) is 23.2 Å². The van der Waals surface area contributed by atoms with E-state index in [9.17, 15) is 14.4 Å². The Morgan fingerprint density at radius 1 is 1.42 bits per heavy atom. The number of hydrogen-bond donors (Lipinski definition) is 0. The molecule has 4 unspecified atom stereocenters. The number of carbonyl (C=O) groups is 3. The van der Waals surface area contributed by atoms with Gasteiger partial charge in [-0.25, -0.2) is 0 Å². The monoisotopic (exact) mass is 308 g/mol. The topological polar surface area (TPSA) is 60.4 Å². The summed E-state index contributed by atoms with van der Waals surface area (Å²) in [7, 11) is 0. The van der Waals surface area contributed by atoms with Crippen molar-refractivity contribution >= 4 is 41.2 Å². The predicted octanol–water partition coefficient (Wildman–Crippen LogP) is 2.40. The molecule has 0 aliphatic heterocycles. The fraction of sp³-hybridized carbons (Fsp3) is 0.769. The molecule has 0 aromatic carbocycles. The molecule has 4 nitrogen and oxygen atoms in total. The summed E-state index contributed by atoms with van der Waals surface area (Å²) in [6.07, 6.45) is 0.758. The first-order chi connectivity index (χ1) is 8.78. The quantitative estimate of drug-likeness (QED) is 0.313. The molecule has 1 aliphatic carbocycles. The smallest absolute Gasteiger partial charge is 0.316 e. The number of halogens is 2. The number of rotatable bonds is 7. The predicted molar refractivity (Wildman–Crippen MR) is 72.1 cm³/mol. The summed E-state index contributed by atoms with van der Waals surface area (Å²) < 4.78 is 3.93.